The number of carbonyl (C=O) groups is 1. The van der Waals surface area contributed by atoms with E-state index in [-0.39, 0.29) is 29.2 Å². The van der Waals surface area contributed by atoms with E-state index in [2.05, 4.69) is 36.5 Å². The minimum Gasteiger partial charge on any atom is -0.501 e. The molecule has 1 saturated carbocycles. The van der Waals surface area contributed by atoms with Gasteiger partial charge < -0.3 is 10.1 Å². The zero-order chi connectivity index (χ0) is 15.9. The van der Waals surface area contributed by atoms with Crippen molar-refractivity contribution in [2.24, 2.45) is 11.8 Å². The lowest BCUT2D eigenvalue weighted by molar-refractivity contribution is -0.118. The molecule has 0 bridgehead atoms. The Labute approximate surface area is 132 Å². The lowest BCUT2D eigenvalue weighted by Crippen LogP contribution is -2.33. The highest BCUT2D eigenvalue weighted by molar-refractivity contribution is 5.96. The van der Waals surface area contributed by atoms with Gasteiger partial charge in [0.1, 0.15) is 5.76 Å². The maximum atomic E-state index is 12.5. The van der Waals surface area contributed by atoms with E-state index in [1.54, 1.807) is 7.11 Å². The molecule has 3 rings (SSSR count). The second-order valence-corrected chi connectivity index (χ2v) is 6.63. The Morgan fingerprint density at radius 1 is 1.18 bits per heavy atom. The summed E-state index contributed by atoms with van der Waals surface area (Å²) in [5.41, 5.74) is 2.06. The number of hydrogen-bond acceptors (Lipinski definition) is 2. The number of amides is 1. The Morgan fingerprint density at radius 3 is 2.45 bits per heavy atom. The third-order valence-corrected chi connectivity index (χ3v) is 4.90. The van der Waals surface area contributed by atoms with E-state index in [1.807, 2.05) is 32.1 Å². The third-order valence-electron chi connectivity index (χ3n) is 4.90. The summed E-state index contributed by atoms with van der Waals surface area (Å²) in [6.45, 7) is 6.20. The Kier molecular flexibility index (Phi) is 3.59. The molecule has 2 aliphatic rings. The van der Waals surface area contributed by atoms with Gasteiger partial charge >= 0.3 is 0 Å². The Balaban J connectivity index is 1.97. The molecule has 0 aromatic heterocycles. The van der Waals surface area contributed by atoms with E-state index in [1.165, 1.54) is 5.56 Å². The van der Waals surface area contributed by atoms with Gasteiger partial charge in [0.15, 0.2) is 0 Å². The molecule has 3 nitrogen and oxygen atoms in total. The molecule has 116 valence electrons. The van der Waals surface area contributed by atoms with Gasteiger partial charge in [-0.15, -0.1) is 0 Å². The van der Waals surface area contributed by atoms with Crippen molar-refractivity contribution in [2.75, 3.05) is 7.11 Å². The number of carbonyl (C=O) groups excluding carboxylic acids is 1. The van der Waals surface area contributed by atoms with Crippen LogP contribution in [0.15, 0.2) is 53.8 Å². The van der Waals surface area contributed by atoms with Crippen LogP contribution < -0.4 is 5.32 Å². The summed E-state index contributed by atoms with van der Waals surface area (Å²) in [4.78, 5) is 12.5. The Morgan fingerprint density at radius 2 is 1.86 bits per heavy atom. The van der Waals surface area contributed by atoms with E-state index in [9.17, 15) is 4.79 Å². The summed E-state index contributed by atoms with van der Waals surface area (Å²) in [7, 11) is 1.71. The molecule has 2 aliphatic carbocycles. The molecule has 1 fully saturated rings. The van der Waals surface area contributed by atoms with Crippen LogP contribution in [0.1, 0.15) is 26.3 Å². The van der Waals surface area contributed by atoms with Crippen LogP contribution in [0.5, 0.6) is 0 Å². The van der Waals surface area contributed by atoms with Crippen molar-refractivity contribution in [1.29, 1.82) is 0 Å². The van der Waals surface area contributed by atoms with Crippen LogP contribution >= 0.6 is 0 Å². The normalized spacial score (nSPS) is 29.3. The summed E-state index contributed by atoms with van der Waals surface area (Å²) < 4.78 is 5.56. The molecule has 1 amide bonds. The molecular weight excluding hydrogens is 274 g/mol. The monoisotopic (exact) mass is 297 g/mol. The van der Waals surface area contributed by atoms with Gasteiger partial charge in [0.2, 0.25) is 5.91 Å². The molecule has 1 aromatic rings. The van der Waals surface area contributed by atoms with Crippen molar-refractivity contribution in [2.45, 2.75) is 32.2 Å². The highest BCUT2D eigenvalue weighted by Crippen LogP contribution is 2.67. The Bertz CT molecular complexity index is 645. The second kappa shape index (κ2) is 5.31. The van der Waals surface area contributed by atoms with Gasteiger partial charge in [-0.05, 0) is 31.6 Å². The predicted molar refractivity (Wildman–Crippen MR) is 87.2 cm³/mol. The molecule has 22 heavy (non-hydrogen) atoms. The maximum Gasteiger partial charge on any atom is 0.247 e. The summed E-state index contributed by atoms with van der Waals surface area (Å²) >= 11 is 0. The number of fused-ring (bicyclic) bond motifs is 1. The van der Waals surface area contributed by atoms with Gasteiger partial charge in [0, 0.05) is 28.9 Å². The molecule has 1 aromatic carbocycles. The van der Waals surface area contributed by atoms with E-state index in [0.29, 0.717) is 0 Å². The molecule has 0 unspecified atom stereocenters. The summed E-state index contributed by atoms with van der Waals surface area (Å²) in [6, 6.07) is 10.6. The van der Waals surface area contributed by atoms with Crippen molar-refractivity contribution >= 4 is 5.91 Å². The van der Waals surface area contributed by atoms with E-state index in [4.69, 9.17) is 4.74 Å². The smallest absolute Gasteiger partial charge is 0.247 e. The first-order chi connectivity index (χ1) is 10.5. The van der Waals surface area contributed by atoms with Crippen LogP contribution in [-0.2, 0) is 14.9 Å². The van der Waals surface area contributed by atoms with Crippen LogP contribution in [0.4, 0.5) is 0 Å². The van der Waals surface area contributed by atoms with Crippen molar-refractivity contribution < 1.29 is 9.53 Å². The summed E-state index contributed by atoms with van der Waals surface area (Å²) in [5, 5.41) is 3.01. The van der Waals surface area contributed by atoms with E-state index < -0.39 is 0 Å². The van der Waals surface area contributed by atoms with Gasteiger partial charge in [-0.3, -0.25) is 4.79 Å². The first-order valence-electron chi connectivity index (χ1n) is 7.82. The number of methoxy groups -OCH3 is 1. The van der Waals surface area contributed by atoms with Crippen LogP contribution in [0, 0.1) is 11.8 Å². The fraction of sp³-hybridized carbons (Fsp3) is 0.421. The zero-order valence-electron chi connectivity index (χ0n) is 13.6. The van der Waals surface area contributed by atoms with Crippen LogP contribution in [0.3, 0.4) is 0 Å². The number of rotatable bonds is 4. The maximum absolute atomic E-state index is 12.5. The number of hydrogen-bond donors (Lipinski definition) is 1. The number of ether oxygens (including phenoxy) is 1. The molecule has 3 atom stereocenters. The van der Waals surface area contributed by atoms with Gasteiger partial charge in [0.25, 0.3) is 0 Å². The lowest BCUT2D eigenvalue weighted by atomic mass is 9.92. The second-order valence-electron chi connectivity index (χ2n) is 6.63. The topological polar surface area (TPSA) is 38.3 Å². The molecule has 0 heterocycles. The standard InChI is InChI=1S/C19H23NO2/c1-12(2)20-18(21)14-10-11-15(22-4)17-16(14)19(17,3)13-8-6-5-7-9-13/h5-12,16-17H,1-4H3,(H,20,21)/t16-,17+,19+/m1/s1. The van der Waals surface area contributed by atoms with E-state index in [0.717, 1.165) is 11.3 Å². The SMILES string of the molecule is COC1=CC=C(C(=O)NC(C)C)[C@@H]2[C@H]1[C@@]2(C)c1ccccc1. The lowest BCUT2D eigenvalue weighted by Gasteiger charge is -2.15. The molecule has 3 heteroatoms. The fourth-order valence-corrected chi connectivity index (χ4v) is 3.77. The Hall–Kier alpha value is -2.03. The molecular formula is C19H23NO2. The summed E-state index contributed by atoms with van der Waals surface area (Å²) in [5.74, 6) is 1.44. The number of benzene rings is 1. The number of nitrogens with one attached hydrogen (secondary N) is 1. The average Bonchev–Trinajstić information content (AvgIpc) is 3.15. The molecule has 1 N–H and O–H groups in total. The van der Waals surface area contributed by atoms with Crippen LogP contribution in [-0.4, -0.2) is 19.1 Å². The minimum atomic E-state index is -0.0697. The summed E-state index contributed by atoms with van der Waals surface area (Å²) in [6.07, 6.45) is 3.87. The first-order valence-corrected chi connectivity index (χ1v) is 7.82. The molecule has 0 saturated heterocycles. The molecule has 0 radical (unpaired) electrons. The largest absolute Gasteiger partial charge is 0.501 e. The molecule has 0 aliphatic heterocycles. The number of allylic oxidation sites excluding steroid dienone is 3. The fourth-order valence-electron chi connectivity index (χ4n) is 3.77. The van der Waals surface area contributed by atoms with Crippen molar-refractivity contribution in [3.63, 3.8) is 0 Å². The van der Waals surface area contributed by atoms with Crippen LogP contribution in [0.25, 0.3) is 0 Å². The van der Waals surface area contributed by atoms with E-state index >= 15 is 0 Å². The quantitative estimate of drug-likeness (QED) is 0.927. The zero-order valence-corrected chi connectivity index (χ0v) is 13.6. The van der Waals surface area contributed by atoms with Gasteiger partial charge in [0.05, 0.1) is 7.11 Å². The predicted octanol–water partition coefficient (Wildman–Crippen LogP) is 3.19. The van der Waals surface area contributed by atoms with Gasteiger partial charge in [-0.1, -0.05) is 37.3 Å². The van der Waals surface area contributed by atoms with Crippen molar-refractivity contribution in [3.8, 4) is 0 Å². The van der Waals surface area contributed by atoms with Crippen molar-refractivity contribution in [3.05, 3.63) is 59.4 Å². The van der Waals surface area contributed by atoms with Gasteiger partial charge in [-0.2, -0.15) is 0 Å². The average molecular weight is 297 g/mol. The van der Waals surface area contributed by atoms with Crippen LogP contribution in [0.2, 0.25) is 0 Å². The first kappa shape index (κ1) is 14.9. The minimum absolute atomic E-state index is 0.0380. The third kappa shape index (κ3) is 2.16. The highest BCUT2D eigenvalue weighted by atomic mass is 16.5. The highest BCUT2D eigenvalue weighted by Gasteiger charge is 2.67. The molecule has 0 spiro atoms. The van der Waals surface area contributed by atoms with Crippen molar-refractivity contribution in [1.82, 2.24) is 5.32 Å². The van der Waals surface area contributed by atoms with Gasteiger partial charge in [-0.25, -0.2) is 0 Å².